The number of Topliss-reactive ketones (excluding diaryl/α,β-unsaturated/α-hetero) is 1. The first-order valence-electron chi connectivity index (χ1n) is 5.67. The van der Waals surface area contributed by atoms with Gasteiger partial charge in [0.15, 0.2) is 5.78 Å². The Hall–Kier alpha value is -1.51. The van der Waals surface area contributed by atoms with Crippen molar-refractivity contribution >= 4 is 37.6 Å². The number of hydrogen-bond donors (Lipinski definition) is 0. The molecule has 0 aliphatic rings. The third-order valence-electron chi connectivity index (χ3n) is 2.80. The molecule has 2 rings (SSSR count). The van der Waals surface area contributed by atoms with Gasteiger partial charge in [0.25, 0.3) is 0 Å². The van der Waals surface area contributed by atoms with Crippen LogP contribution in [0.5, 0.6) is 0 Å². The maximum absolute atomic E-state index is 13.5. The van der Waals surface area contributed by atoms with Gasteiger partial charge in [-0.15, -0.1) is 0 Å². The molecule has 2 aromatic carbocycles. The zero-order valence-electron chi connectivity index (χ0n) is 10.1. The minimum absolute atomic E-state index is 0.181. The van der Waals surface area contributed by atoms with Crippen LogP contribution >= 0.6 is 31.9 Å². The molecule has 0 aliphatic heterocycles. The van der Waals surface area contributed by atoms with Gasteiger partial charge in [-0.2, -0.15) is 5.26 Å². The summed E-state index contributed by atoms with van der Waals surface area (Å²) in [5.41, 5.74) is 0.768. The summed E-state index contributed by atoms with van der Waals surface area (Å²) in [6, 6.07) is 13.0. The Balaban J connectivity index is 2.36. The van der Waals surface area contributed by atoms with Gasteiger partial charge in [-0.3, -0.25) is 4.79 Å². The molecule has 0 saturated carbocycles. The average molecular weight is 397 g/mol. The lowest BCUT2D eigenvalue weighted by atomic mass is 9.92. The molecule has 2 nitrogen and oxygen atoms in total. The lowest BCUT2D eigenvalue weighted by Crippen LogP contribution is -2.11. The van der Waals surface area contributed by atoms with E-state index in [0.717, 1.165) is 10.5 Å². The summed E-state index contributed by atoms with van der Waals surface area (Å²) in [4.78, 5) is 12.3. The SMILES string of the molecule is N#CC(C(=O)c1ccc(Br)c(F)c1)c1ccc(Br)cc1. The van der Waals surface area contributed by atoms with Gasteiger partial charge >= 0.3 is 0 Å². The van der Waals surface area contributed by atoms with Crippen LogP contribution in [0.25, 0.3) is 0 Å². The molecule has 20 heavy (non-hydrogen) atoms. The van der Waals surface area contributed by atoms with Crippen molar-refractivity contribution in [3.8, 4) is 6.07 Å². The lowest BCUT2D eigenvalue weighted by molar-refractivity contribution is 0.0978. The zero-order chi connectivity index (χ0) is 14.7. The standard InChI is InChI=1S/C15H8Br2FNO/c16-11-4-1-9(2-5-11)12(8-19)15(20)10-3-6-13(17)14(18)7-10/h1-7,12H. The number of nitrogens with zero attached hydrogens (tertiary/aromatic N) is 1. The molecule has 100 valence electrons. The van der Waals surface area contributed by atoms with E-state index in [4.69, 9.17) is 0 Å². The van der Waals surface area contributed by atoms with Crippen molar-refractivity contribution in [3.05, 3.63) is 68.4 Å². The van der Waals surface area contributed by atoms with Crippen molar-refractivity contribution < 1.29 is 9.18 Å². The first kappa shape index (κ1) is 14.9. The molecule has 2 aromatic rings. The second-order valence-electron chi connectivity index (χ2n) is 4.11. The summed E-state index contributed by atoms with van der Waals surface area (Å²) in [7, 11) is 0. The number of hydrogen-bond acceptors (Lipinski definition) is 2. The van der Waals surface area contributed by atoms with E-state index in [0.29, 0.717) is 5.56 Å². The molecule has 0 radical (unpaired) electrons. The number of carbonyl (C=O) groups excluding carboxylic acids is 1. The molecule has 0 spiro atoms. The van der Waals surface area contributed by atoms with Crippen LogP contribution in [0.2, 0.25) is 0 Å². The van der Waals surface area contributed by atoms with Crippen LogP contribution in [0.15, 0.2) is 51.4 Å². The maximum Gasteiger partial charge on any atom is 0.184 e. The lowest BCUT2D eigenvalue weighted by Gasteiger charge is -2.09. The summed E-state index contributed by atoms with van der Waals surface area (Å²) in [6.07, 6.45) is 0. The first-order valence-corrected chi connectivity index (χ1v) is 7.26. The van der Waals surface area contributed by atoms with E-state index in [-0.39, 0.29) is 10.0 Å². The second-order valence-corrected chi connectivity index (χ2v) is 5.88. The van der Waals surface area contributed by atoms with Gasteiger partial charge in [0.2, 0.25) is 0 Å². The van der Waals surface area contributed by atoms with Crippen molar-refractivity contribution in [1.82, 2.24) is 0 Å². The third-order valence-corrected chi connectivity index (χ3v) is 3.97. The molecule has 0 aromatic heterocycles. The van der Waals surface area contributed by atoms with Crippen molar-refractivity contribution in [2.75, 3.05) is 0 Å². The topological polar surface area (TPSA) is 40.9 Å². The molecule has 0 saturated heterocycles. The maximum atomic E-state index is 13.5. The van der Waals surface area contributed by atoms with E-state index in [2.05, 4.69) is 31.9 Å². The van der Waals surface area contributed by atoms with Crippen LogP contribution in [-0.2, 0) is 0 Å². The van der Waals surface area contributed by atoms with Gasteiger partial charge in [-0.1, -0.05) is 34.1 Å². The second kappa shape index (κ2) is 6.29. The van der Waals surface area contributed by atoms with Gasteiger partial charge in [0.1, 0.15) is 11.7 Å². The molecule has 0 N–H and O–H groups in total. The molecule has 5 heteroatoms. The predicted octanol–water partition coefficient (Wildman–Crippen LogP) is 4.84. The highest BCUT2D eigenvalue weighted by molar-refractivity contribution is 9.10. The fraction of sp³-hybridized carbons (Fsp3) is 0.0667. The normalized spacial score (nSPS) is 11.7. The van der Waals surface area contributed by atoms with Crippen molar-refractivity contribution in [2.24, 2.45) is 0 Å². The monoisotopic (exact) mass is 395 g/mol. The van der Waals surface area contributed by atoms with Crippen LogP contribution in [0, 0.1) is 17.1 Å². The Morgan fingerprint density at radius 2 is 1.80 bits per heavy atom. The quantitative estimate of drug-likeness (QED) is 0.696. The van der Waals surface area contributed by atoms with Crippen LogP contribution < -0.4 is 0 Å². The number of nitriles is 1. The van der Waals surface area contributed by atoms with Crippen LogP contribution in [0.1, 0.15) is 21.8 Å². The number of rotatable bonds is 3. The minimum atomic E-state index is -0.941. The van der Waals surface area contributed by atoms with E-state index in [1.807, 2.05) is 6.07 Å². The molecule has 1 unspecified atom stereocenters. The van der Waals surface area contributed by atoms with Crippen LogP contribution in [-0.4, -0.2) is 5.78 Å². The Morgan fingerprint density at radius 1 is 1.15 bits per heavy atom. The van der Waals surface area contributed by atoms with E-state index in [1.54, 1.807) is 24.3 Å². The van der Waals surface area contributed by atoms with Gasteiger partial charge in [0.05, 0.1) is 10.5 Å². The number of halogens is 3. The fourth-order valence-corrected chi connectivity index (χ4v) is 2.27. The van der Waals surface area contributed by atoms with E-state index in [1.165, 1.54) is 12.1 Å². The summed E-state index contributed by atoms with van der Waals surface area (Å²) in [5, 5.41) is 9.22. The van der Waals surface area contributed by atoms with E-state index in [9.17, 15) is 14.4 Å². The number of benzene rings is 2. The fourth-order valence-electron chi connectivity index (χ4n) is 1.76. The van der Waals surface area contributed by atoms with Gasteiger partial charge in [-0.05, 0) is 45.8 Å². The smallest absolute Gasteiger partial charge is 0.184 e. The Bertz CT molecular complexity index is 692. The summed E-state index contributed by atoms with van der Waals surface area (Å²) >= 11 is 6.32. The Labute approximate surface area is 132 Å². The molecule has 0 fully saturated rings. The predicted molar refractivity (Wildman–Crippen MR) is 80.9 cm³/mol. The average Bonchev–Trinajstić information content (AvgIpc) is 2.44. The summed E-state index contributed by atoms with van der Waals surface area (Å²) in [5.74, 6) is -1.88. The molecule has 1 atom stereocenters. The first-order chi connectivity index (χ1) is 9.52. The molecule has 0 bridgehead atoms. The van der Waals surface area contributed by atoms with Crippen LogP contribution in [0.3, 0.4) is 0 Å². The Morgan fingerprint density at radius 3 is 2.35 bits per heavy atom. The van der Waals surface area contributed by atoms with Crippen LogP contribution in [0.4, 0.5) is 4.39 Å². The highest BCUT2D eigenvalue weighted by atomic mass is 79.9. The van der Waals surface area contributed by atoms with Gasteiger partial charge in [-0.25, -0.2) is 4.39 Å². The van der Waals surface area contributed by atoms with E-state index < -0.39 is 17.5 Å². The minimum Gasteiger partial charge on any atom is -0.292 e. The molecular formula is C15H8Br2FNO. The van der Waals surface area contributed by atoms with Gasteiger partial charge < -0.3 is 0 Å². The van der Waals surface area contributed by atoms with Crippen molar-refractivity contribution in [1.29, 1.82) is 5.26 Å². The summed E-state index contributed by atoms with van der Waals surface area (Å²) in [6.45, 7) is 0. The van der Waals surface area contributed by atoms with Crippen molar-refractivity contribution in [2.45, 2.75) is 5.92 Å². The number of ketones is 1. The molecule has 0 amide bonds. The highest BCUT2D eigenvalue weighted by Crippen LogP contribution is 2.24. The third kappa shape index (κ3) is 3.14. The molecular weight excluding hydrogens is 389 g/mol. The zero-order valence-corrected chi connectivity index (χ0v) is 13.3. The molecule has 0 aliphatic carbocycles. The Kier molecular flexibility index (Phi) is 4.69. The van der Waals surface area contributed by atoms with Crippen molar-refractivity contribution in [3.63, 3.8) is 0 Å². The van der Waals surface area contributed by atoms with Gasteiger partial charge in [0, 0.05) is 10.0 Å². The highest BCUT2D eigenvalue weighted by Gasteiger charge is 2.22. The molecule has 0 heterocycles. The van der Waals surface area contributed by atoms with E-state index >= 15 is 0 Å². The number of carbonyl (C=O) groups is 1. The largest absolute Gasteiger partial charge is 0.292 e. The summed E-state index contributed by atoms with van der Waals surface area (Å²) < 4.78 is 14.6.